The lowest BCUT2D eigenvalue weighted by molar-refractivity contribution is 0.140. The molecule has 1 saturated heterocycles. The highest BCUT2D eigenvalue weighted by Gasteiger charge is 2.33. The smallest absolute Gasteiger partial charge is 0.0892 e. The minimum absolute atomic E-state index is 0.241. The Balaban J connectivity index is 1.87. The van der Waals surface area contributed by atoms with Gasteiger partial charge >= 0.3 is 0 Å². The lowest BCUT2D eigenvalue weighted by atomic mass is 10.1. The first-order valence-electron chi connectivity index (χ1n) is 9.50. The molecule has 1 fully saturated rings. The van der Waals surface area contributed by atoms with Crippen molar-refractivity contribution >= 4 is 0 Å². The minimum atomic E-state index is 0.241. The molecule has 0 aromatic heterocycles. The maximum Gasteiger partial charge on any atom is 0.0892 e. The van der Waals surface area contributed by atoms with Crippen molar-refractivity contribution in [1.82, 2.24) is 9.80 Å². The molecule has 0 radical (unpaired) electrons. The zero-order chi connectivity index (χ0) is 19.1. The second-order valence-corrected chi connectivity index (χ2v) is 6.93. The molecule has 2 N–H and O–H groups in total. The second kappa shape index (κ2) is 9.47. The van der Waals surface area contributed by atoms with Gasteiger partial charge in [0, 0.05) is 32.7 Å². The van der Waals surface area contributed by atoms with E-state index >= 15 is 0 Å². The molecule has 1 unspecified atom stereocenters. The van der Waals surface area contributed by atoms with Crippen LogP contribution in [-0.2, 0) is 13.1 Å². The van der Waals surface area contributed by atoms with E-state index < -0.39 is 0 Å². The van der Waals surface area contributed by atoms with Crippen LogP contribution >= 0.6 is 0 Å². The van der Waals surface area contributed by atoms with Gasteiger partial charge in [0.05, 0.1) is 6.17 Å². The van der Waals surface area contributed by atoms with Crippen LogP contribution in [0.25, 0.3) is 0 Å². The molecule has 1 atom stereocenters. The van der Waals surface area contributed by atoms with E-state index in [2.05, 4.69) is 77.6 Å². The fourth-order valence-electron chi connectivity index (χ4n) is 3.70. The van der Waals surface area contributed by atoms with Crippen molar-refractivity contribution in [3.05, 3.63) is 108 Å². The maximum atomic E-state index is 5.78. The molecular weight excluding hydrogens is 330 g/mol. The third-order valence-electron chi connectivity index (χ3n) is 5.09. The molecule has 3 nitrogen and oxygen atoms in total. The van der Waals surface area contributed by atoms with Crippen LogP contribution in [0.4, 0.5) is 0 Å². The summed E-state index contributed by atoms with van der Waals surface area (Å²) in [5.41, 5.74) is 10.8. The van der Waals surface area contributed by atoms with Crippen LogP contribution in [0, 0.1) is 0 Å². The van der Waals surface area contributed by atoms with Gasteiger partial charge in [-0.2, -0.15) is 0 Å². The van der Waals surface area contributed by atoms with E-state index in [-0.39, 0.29) is 6.17 Å². The number of allylic oxidation sites excluding steroid dienone is 2. The molecule has 140 valence electrons. The highest BCUT2D eigenvalue weighted by molar-refractivity contribution is 5.28. The molecule has 1 aliphatic heterocycles. The average molecular weight is 360 g/mol. The molecule has 1 aliphatic rings. The van der Waals surface area contributed by atoms with E-state index in [0.717, 1.165) is 31.7 Å². The maximum absolute atomic E-state index is 5.78. The summed E-state index contributed by atoms with van der Waals surface area (Å²) >= 11 is 0. The summed E-state index contributed by atoms with van der Waals surface area (Å²) in [7, 11) is 0. The predicted octanol–water partition coefficient (Wildman–Crippen LogP) is 4.26. The normalized spacial score (nSPS) is 18.6. The molecule has 0 spiro atoms. The summed E-state index contributed by atoms with van der Waals surface area (Å²) < 4.78 is 0. The Bertz CT molecular complexity index is 777. The van der Waals surface area contributed by atoms with Crippen molar-refractivity contribution in [3.63, 3.8) is 0 Å². The summed E-state index contributed by atoms with van der Waals surface area (Å²) in [5.74, 6) is 0. The molecule has 2 aromatic carbocycles. The number of hydrogen-bond donors (Lipinski definition) is 1. The van der Waals surface area contributed by atoms with Gasteiger partial charge in [-0.25, -0.2) is 0 Å². The van der Waals surface area contributed by atoms with Crippen molar-refractivity contribution in [2.24, 2.45) is 5.73 Å². The van der Waals surface area contributed by atoms with Crippen LogP contribution in [0.15, 0.2) is 91.6 Å². The quantitative estimate of drug-likeness (QED) is 0.715. The fraction of sp³-hybridized carbons (Fsp3) is 0.250. The zero-order valence-electron chi connectivity index (χ0n) is 15.9. The SMILES string of the molecule is C=C/C=C(\C=C)CN1CCN(Cc2ccccc2)C1c1ccc(CN)cc1. The van der Waals surface area contributed by atoms with Crippen molar-refractivity contribution in [2.45, 2.75) is 19.3 Å². The zero-order valence-corrected chi connectivity index (χ0v) is 15.9. The highest BCUT2D eigenvalue weighted by atomic mass is 15.4. The Morgan fingerprint density at radius 1 is 0.963 bits per heavy atom. The molecule has 3 rings (SSSR count). The van der Waals surface area contributed by atoms with Gasteiger partial charge in [0.1, 0.15) is 0 Å². The van der Waals surface area contributed by atoms with Crippen LogP contribution in [0.3, 0.4) is 0 Å². The minimum Gasteiger partial charge on any atom is -0.326 e. The third-order valence-corrected chi connectivity index (χ3v) is 5.09. The Hall–Kier alpha value is -2.46. The van der Waals surface area contributed by atoms with E-state index in [9.17, 15) is 0 Å². The number of hydrogen-bond acceptors (Lipinski definition) is 3. The monoisotopic (exact) mass is 359 g/mol. The molecule has 27 heavy (non-hydrogen) atoms. The van der Waals surface area contributed by atoms with E-state index in [1.165, 1.54) is 16.7 Å². The van der Waals surface area contributed by atoms with Crippen LogP contribution < -0.4 is 5.73 Å². The average Bonchev–Trinajstić information content (AvgIpc) is 3.10. The molecule has 0 saturated carbocycles. The Morgan fingerprint density at radius 3 is 2.30 bits per heavy atom. The predicted molar refractivity (Wildman–Crippen MR) is 114 cm³/mol. The van der Waals surface area contributed by atoms with Gasteiger partial charge in [-0.05, 0) is 22.3 Å². The van der Waals surface area contributed by atoms with Crippen molar-refractivity contribution < 1.29 is 0 Å². The van der Waals surface area contributed by atoms with Crippen LogP contribution in [0.2, 0.25) is 0 Å². The number of benzene rings is 2. The van der Waals surface area contributed by atoms with E-state index in [0.29, 0.717) is 6.54 Å². The van der Waals surface area contributed by atoms with Crippen LogP contribution in [-0.4, -0.2) is 29.4 Å². The molecule has 0 amide bonds. The fourth-order valence-corrected chi connectivity index (χ4v) is 3.70. The molecule has 2 aromatic rings. The molecular formula is C24H29N3. The summed E-state index contributed by atoms with van der Waals surface area (Å²) in [6, 6.07) is 19.4. The topological polar surface area (TPSA) is 32.5 Å². The van der Waals surface area contributed by atoms with Crippen LogP contribution in [0.1, 0.15) is 22.9 Å². The summed E-state index contributed by atoms with van der Waals surface area (Å²) in [6.07, 6.45) is 6.04. The summed E-state index contributed by atoms with van der Waals surface area (Å²) in [5, 5.41) is 0. The van der Waals surface area contributed by atoms with Crippen molar-refractivity contribution in [3.8, 4) is 0 Å². The van der Waals surface area contributed by atoms with Crippen molar-refractivity contribution in [1.29, 1.82) is 0 Å². The lowest BCUT2D eigenvalue weighted by Gasteiger charge is -2.31. The number of rotatable bonds is 8. The molecule has 3 heteroatoms. The van der Waals surface area contributed by atoms with Gasteiger partial charge in [0.25, 0.3) is 0 Å². The number of nitrogens with two attached hydrogens (primary N) is 1. The summed E-state index contributed by atoms with van der Waals surface area (Å²) in [6.45, 7) is 12.2. The van der Waals surface area contributed by atoms with E-state index in [1.54, 1.807) is 0 Å². The Kier molecular flexibility index (Phi) is 6.77. The highest BCUT2D eigenvalue weighted by Crippen LogP contribution is 2.32. The van der Waals surface area contributed by atoms with Gasteiger partial charge < -0.3 is 5.73 Å². The second-order valence-electron chi connectivity index (χ2n) is 6.93. The van der Waals surface area contributed by atoms with Gasteiger partial charge in [-0.1, -0.05) is 86.0 Å². The van der Waals surface area contributed by atoms with Crippen LogP contribution in [0.5, 0.6) is 0 Å². The first kappa shape index (κ1) is 19.3. The van der Waals surface area contributed by atoms with E-state index in [1.807, 2.05) is 18.2 Å². The Morgan fingerprint density at radius 2 is 1.67 bits per heavy atom. The standard InChI is InChI=1S/C24H29N3/c1-3-8-20(4-2)18-26-15-16-27(19-22-9-6-5-7-10-22)24(26)23-13-11-21(17-25)12-14-23/h3-14,24H,1-2,15-19,25H2/b20-8+. The van der Waals surface area contributed by atoms with Crippen molar-refractivity contribution in [2.75, 3.05) is 19.6 Å². The first-order chi connectivity index (χ1) is 13.2. The first-order valence-corrected chi connectivity index (χ1v) is 9.50. The summed E-state index contributed by atoms with van der Waals surface area (Å²) in [4.78, 5) is 5.05. The van der Waals surface area contributed by atoms with Gasteiger partial charge in [-0.3, -0.25) is 9.80 Å². The van der Waals surface area contributed by atoms with Gasteiger partial charge in [0.15, 0.2) is 0 Å². The largest absolute Gasteiger partial charge is 0.326 e. The number of nitrogens with zero attached hydrogens (tertiary/aromatic N) is 2. The third kappa shape index (κ3) is 4.83. The lowest BCUT2D eigenvalue weighted by Crippen LogP contribution is -2.32. The molecule has 0 bridgehead atoms. The van der Waals surface area contributed by atoms with E-state index in [4.69, 9.17) is 5.73 Å². The van der Waals surface area contributed by atoms with Gasteiger partial charge in [-0.15, -0.1) is 0 Å². The molecule has 1 heterocycles. The Labute approximate surface area is 163 Å². The van der Waals surface area contributed by atoms with Gasteiger partial charge in [0.2, 0.25) is 0 Å². The molecule has 0 aliphatic carbocycles.